The molecule has 7 heteroatoms. The average Bonchev–Trinajstić information content (AvgIpc) is 2.59. The predicted octanol–water partition coefficient (Wildman–Crippen LogP) is -0.0977. The van der Waals surface area contributed by atoms with E-state index in [1.54, 1.807) is 13.8 Å². The molecule has 0 aliphatic rings. The maximum atomic E-state index is 11.1. The van der Waals surface area contributed by atoms with Crippen molar-refractivity contribution < 1.29 is 13.0 Å². The molecular formula is C8H15N3O3S. The van der Waals surface area contributed by atoms with E-state index in [2.05, 4.69) is 20.3 Å². The van der Waals surface area contributed by atoms with Gasteiger partial charge in [-0.15, -0.1) is 0 Å². The van der Waals surface area contributed by atoms with Crippen LogP contribution in [0.5, 0.6) is 0 Å². The van der Waals surface area contributed by atoms with Crippen LogP contribution in [0.25, 0.3) is 0 Å². The fourth-order valence-electron chi connectivity index (χ4n) is 0.989. The molecule has 86 valence electrons. The highest BCUT2D eigenvalue weighted by Gasteiger charge is 2.07. The number of aromatic nitrogens is 2. The molecule has 0 aromatic carbocycles. The van der Waals surface area contributed by atoms with E-state index in [9.17, 15) is 8.42 Å². The third-order valence-electron chi connectivity index (χ3n) is 2.07. The Kier molecular flexibility index (Phi) is 4.22. The van der Waals surface area contributed by atoms with Crippen LogP contribution in [0.3, 0.4) is 0 Å². The van der Waals surface area contributed by atoms with Crippen LogP contribution in [-0.2, 0) is 16.4 Å². The average molecular weight is 233 g/mol. The van der Waals surface area contributed by atoms with Crippen LogP contribution in [0, 0.1) is 6.92 Å². The first-order valence-electron chi connectivity index (χ1n) is 4.74. The Hall–Kier alpha value is -0.950. The summed E-state index contributed by atoms with van der Waals surface area (Å²) in [6.07, 6.45) is 0. The van der Waals surface area contributed by atoms with Crippen molar-refractivity contribution in [2.24, 2.45) is 0 Å². The molecule has 0 fully saturated rings. The number of nitrogens with zero attached hydrogens (tertiary/aromatic N) is 2. The molecule has 0 aliphatic heterocycles. The zero-order valence-electron chi connectivity index (χ0n) is 8.86. The second kappa shape index (κ2) is 5.22. The standard InChI is InChI=1S/C8H15N3O3S/c1-3-15(12,13)5-4-9-6-8-7(2)10-14-11-8/h9H,3-6H2,1-2H3. The number of aryl methyl sites for hydroxylation is 1. The summed E-state index contributed by atoms with van der Waals surface area (Å²) in [5.74, 6) is 0.326. The number of sulfone groups is 1. The second-order valence-electron chi connectivity index (χ2n) is 3.21. The van der Waals surface area contributed by atoms with Crippen LogP contribution < -0.4 is 5.32 Å². The summed E-state index contributed by atoms with van der Waals surface area (Å²) in [5.41, 5.74) is 1.43. The first-order valence-corrected chi connectivity index (χ1v) is 6.56. The SMILES string of the molecule is CCS(=O)(=O)CCNCc1nonc1C. The van der Waals surface area contributed by atoms with Crippen molar-refractivity contribution in [3.8, 4) is 0 Å². The van der Waals surface area contributed by atoms with Gasteiger partial charge in [-0.1, -0.05) is 17.2 Å². The van der Waals surface area contributed by atoms with E-state index in [-0.39, 0.29) is 11.5 Å². The molecule has 0 atom stereocenters. The minimum Gasteiger partial charge on any atom is -0.310 e. The monoisotopic (exact) mass is 233 g/mol. The molecule has 1 rings (SSSR count). The highest BCUT2D eigenvalue weighted by molar-refractivity contribution is 7.91. The zero-order chi connectivity index (χ0) is 11.3. The number of rotatable bonds is 6. The lowest BCUT2D eigenvalue weighted by atomic mass is 10.3. The van der Waals surface area contributed by atoms with Gasteiger partial charge in [0.15, 0.2) is 9.84 Å². The molecule has 15 heavy (non-hydrogen) atoms. The minimum atomic E-state index is -2.89. The maximum Gasteiger partial charge on any atom is 0.151 e. The molecule has 0 unspecified atom stereocenters. The number of hydrogen-bond donors (Lipinski definition) is 1. The molecule has 0 saturated heterocycles. The van der Waals surface area contributed by atoms with Gasteiger partial charge in [-0.2, -0.15) is 0 Å². The van der Waals surface area contributed by atoms with E-state index in [4.69, 9.17) is 0 Å². The summed E-state index contributed by atoms with van der Waals surface area (Å²) in [6, 6.07) is 0. The summed E-state index contributed by atoms with van der Waals surface area (Å²) < 4.78 is 26.8. The van der Waals surface area contributed by atoms with E-state index in [1.807, 2.05) is 0 Å². The molecule has 1 aromatic heterocycles. The highest BCUT2D eigenvalue weighted by atomic mass is 32.2. The van der Waals surface area contributed by atoms with Gasteiger partial charge < -0.3 is 5.32 Å². The fraction of sp³-hybridized carbons (Fsp3) is 0.750. The van der Waals surface area contributed by atoms with Gasteiger partial charge in [0, 0.05) is 18.8 Å². The smallest absolute Gasteiger partial charge is 0.151 e. The van der Waals surface area contributed by atoms with E-state index in [0.717, 1.165) is 5.69 Å². The molecule has 6 nitrogen and oxygen atoms in total. The Bertz CT molecular complexity index is 399. The van der Waals surface area contributed by atoms with Crippen molar-refractivity contribution in [2.45, 2.75) is 20.4 Å². The lowest BCUT2D eigenvalue weighted by Crippen LogP contribution is -2.23. The molecule has 0 spiro atoms. The predicted molar refractivity (Wildman–Crippen MR) is 55.1 cm³/mol. The minimum absolute atomic E-state index is 0.147. The van der Waals surface area contributed by atoms with Crippen molar-refractivity contribution in [2.75, 3.05) is 18.1 Å². The number of nitrogens with one attached hydrogen (secondary N) is 1. The topological polar surface area (TPSA) is 85.1 Å². The molecule has 1 heterocycles. The number of hydrogen-bond acceptors (Lipinski definition) is 6. The Morgan fingerprint density at radius 3 is 2.67 bits per heavy atom. The Balaban J connectivity index is 2.26. The van der Waals surface area contributed by atoms with E-state index >= 15 is 0 Å². The Labute approximate surface area is 88.9 Å². The quantitative estimate of drug-likeness (QED) is 0.691. The van der Waals surface area contributed by atoms with Crippen LogP contribution in [0.4, 0.5) is 0 Å². The van der Waals surface area contributed by atoms with E-state index in [1.165, 1.54) is 0 Å². The van der Waals surface area contributed by atoms with E-state index in [0.29, 0.717) is 18.8 Å². The van der Waals surface area contributed by atoms with Crippen LogP contribution in [0.1, 0.15) is 18.3 Å². The fourth-order valence-corrected chi connectivity index (χ4v) is 1.73. The molecule has 0 amide bonds. The first-order chi connectivity index (χ1) is 7.05. The Morgan fingerprint density at radius 2 is 2.13 bits per heavy atom. The van der Waals surface area contributed by atoms with Gasteiger partial charge in [-0.3, -0.25) is 0 Å². The third-order valence-corrected chi connectivity index (χ3v) is 3.77. The molecule has 0 radical (unpaired) electrons. The second-order valence-corrected chi connectivity index (χ2v) is 5.68. The van der Waals surface area contributed by atoms with Crippen molar-refractivity contribution in [3.05, 3.63) is 11.4 Å². The van der Waals surface area contributed by atoms with Crippen molar-refractivity contribution in [1.29, 1.82) is 0 Å². The zero-order valence-corrected chi connectivity index (χ0v) is 9.67. The van der Waals surface area contributed by atoms with Crippen LogP contribution in [-0.4, -0.2) is 36.8 Å². The largest absolute Gasteiger partial charge is 0.310 e. The molecule has 1 N–H and O–H groups in total. The van der Waals surface area contributed by atoms with Crippen LogP contribution >= 0.6 is 0 Å². The molecule has 0 saturated carbocycles. The maximum absolute atomic E-state index is 11.1. The summed E-state index contributed by atoms with van der Waals surface area (Å²) in [7, 11) is -2.89. The first kappa shape index (κ1) is 12.1. The molecule has 0 aliphatic carbocycles. The van der Waals surface area contributed by atoms with Gasteiger partial charge in [0.05, 0.1) is 5.75 Å². The third kappa shape index (κ3) is 3.96. The Morgan fingerprint density at radius 1 is 1.40 bits per heavy atom. The van der Waals surface area contributed by atoms with Gasteiger partial charge in [0.25, 0.3) is 0 Å². The van der Waals surface area contributed by atoms with Gasteiger partial charge in [0.2, 0.25) is 0 Å². The van der Waals surface area contributed by atoms with Gasteiger partial charge in [-0.05, 0) is 6.92 Å². The summed E-state index contributed by atoms with van der Waals surface area (Å²) in [6.45, 7) is 4.33. The van der Waals surface area contributed by atoms with Crippen molar-refractivity contribution in [3.63, 3.8) is 0 Å². The summed E-state index contributed by atoms with van der Waals surface area (Å²) in [5, 5.41) is 10.3. The lowest BCUT2D eigenvalue weighted by molar-refractivity contribution is 0.300. The highest BCUT2D eigenvalue weighted by Crippen LogP contribution is 1.98. The van der Waals surface area contributed by atoms with Crippen LogP contribution in [0.2, 0.25) is 0 Å². The van der Waals surface area contributed by atoms with Crippen LogP contribution in [0.15, 0.2) is 4.63 Å². The van der Waals surface area contributed by atoms with Gasteiger partial charge in [0.1, 0.15) is 11.4 Å². The van der Waals surface area contributed by atoms with E-state index < -0.39 is 9.84 Å². The lowest BCUT2D eigenvalue weighted by Gasteiger charge is -2.02. The summed E-state index contributed by atoms with van der Waals surface area (Å²) >= 11 is 0. The van der Waals surface area contributed by atoms with Gasteiger partial charge >= 0.3 is 0 Å². The molecule has 0 bridgehead atoms. The van der Waals surface area contributed by atoms with Crippen molar-refractivity contribution >= 4 is 9.84 Å². The normalized spacial score (nSPS) is 11.9. The van der Waals surface area contributed by atoms with Crippen molar-refractivity contribution in [1.82, 2.24) is 15.6 Å². The summed E-state index contributed by atoms with van der Waals surface area (Å²) in [4.78, 5) is 0. The molecule has 1 aromatic rings. The van der Waals surface area contributed by atoms with Gasteiger partial charge in [-0.25, -0.2) is 13.0 Å². The molecular weight excluding hydrogens is 218 g/mol.